The van der Waals surface area contributed by atoms with E-state index in [4.69, 9.17) is 0 Å². The lowest BCUT2D eigenvalue weighted by molar-refractivity contribution is -0.121. The molecular weight excluding hydrogens is 266 g/mol. The van der Waals surface area contributed by atoms with Crippen LogP contribution < -0.4 is 10.9 Å². The van der Waals surface area contributed by atoms with Crippen molar-refractivity contribution in [3.63, 3.8) is 0 Å². The van der Waals surface area contributed by atoms with Crippen LogP contribution in [-0.2, 0) is 11.3 Å². The van der Waals surface area contributed by atoms with E-state index in [0.29, 0.717) is 18.2 Å². The van der Waals surface area contributed by atoms with E-state index < -0.39 is 0 Å². The Hall–Kier alpha value is -1.62. The molecular formula is C16H23N3O2. The molecule has 0 radical (unpaired) electrons. The molecule has 1 saturated carbocycles. The largest absolute Gasteiger partial charge is 0.323 e. The summed E-state index contributed by atoms with van der Waals surface area (Å²) in [6, 6.07) is 3.22. The summed E-state index contributed by atoms with van der Waals surface area (Å²) in [5, 5.41) is 3.00. The third-order valence-electron chi connectivity index (χ3n) is 4.46. The summed E-state index contributed by atoms with van der Waals surface area (Å²) >= 11 is 0. The lowest BCUT2D eigenvalue weighted by atomic mass is 10.1. The Morgan fingerprint density at radius 3 is 2.67 bits per heavy atom. The van der Waals surface area contributed by atoms with Crippen LogP contribution in [0.15, 0.2) is 23.1 Å². The zero-order chi connectivity index (χ0) is 14.8. The molecule has 0 spiro atoms. The Kier molecular flexibility index (Phi) is 4.10. The van der Waals surface area contributed by atoms with Crippen molar-refractivity contribution in [2.45, 2.75) is 45.2 Å². The Labute approximate surface area is 124 Å². The van der Waals surface area contributed by atoms with E-state index in [1.54, 1.807) is 16.8 Å². The highest BCUT2D eigenvalue weighted by Crippen LogP contribution is 2.37. The summed E-state index contributed by atoms with van der Waals surface area (Å²) in [5.74, 6) is 0.598. The third kappa shape index (κ3) is 3.18. The molecule has 2 fully saturated rings. The van der Waals surface area contributed by atoms with Crippen molar-refractivity contribution in [1.82, 2.24) is 9.47 Å². The average molecular weight is 289 g/mol. The number of pyridine rings is 1. The number of nitrogens with one attached hydrogen (secondary N) is 1. The van der Waals surface area contributed by atoms with Gasteiger partial charge in [-0.1, -0.05) is 0 Å². The molecule has 0 bridgehead atoms. The van der Waals surface area contributed by atoms with Gasteiger partial charge in [0.1, 0.15) is 0 Å². The van der Waals surface area contributed by atoms with Crippen LogP contribution in [0.1, 0.15) is 32.6 Å². The first-order valence-electron chi connectivity index (χ1n) is 7.94. The van der Waals surface area contributed by atoms with Gasteiger partial charge in [-0.15, -0.1) is 0 Å². The molecule has 5 heteroatoms. The monoisotopic (exact) mass is 289 g/mol. The molecule has 1 aromatic heterocycles. The van der Waals surface area contributed by atoms with E-state index in [-0.39, 0.29) is 17.5 Å². The molecule has 1 aliphatic heterocycles. The number of hydrogen-bond acceptors (Lipinski definition) is 3. The van der Waals surface area contributed by atoms with Crippen molar-refractivity contribution < 1.29 is 4.79 Å². The highest BCUT2D eigenvalue weighted by atomic mass is 16.2. The predicted molar refractivity (Wildman–Crippen MR) is 82.3 cm³/mol. The Balaban J connectivity index is 1.73. The number of rotatable bonds is 5. The number of carbonyl (C=O) groups excluding carboxylic acids is 1. The van der Waals surface area contributed by atoms with Gasteiger partial charge in [0.05, 0.1) is 11.7 Å². The van der Waals surface area contributed by atoms with Gasteiger partial charge >= 0.3 is 0 Å². The maximum atomic E-state index is 12.6. The molecule has 21 heavy (non-hydrogen) atoms. The molecule has 2 aliphatic rings. The molecule has 1 saturated heterocycles. The number of anilines is 1. The average Bonchev–Trinajstić information content (AvgIpc) is 3.15. The normalized spacial score (nSPS) is 20.4. The molecule has 1 N–H and O–H groups in total. The fourth-order valence-electron chi connectivity index (χ4n) is 3.18. The molecule has 1 aromatic rings. The van der Waals surface area contributed by atoms with E-state index >= 15 is 0 Å². The van der Waals surface area contributed by atoms with Crippen LogP contribution in [0.25, 0.3) is 0 Å². The smallest absolute Gasteiger partial charge is 0.250 e. The number of nitrogens with zero attached hydrogens (tertiary/aromatic N) is 2. The first-order chi connectivity index (χ1) is 10.2. The second-order valence-electron chi connectivity index (χ2n) is 6.06. The van der Waals surface area contributed by atoms with Gasteiger partial charge in [0.2, 0.25) is 5.91 Å². The number of hydrogen-bond donors (Lipinski definition) is 1. The lowest BCUT2D eigenvalue weighted by Gasteiger charge is -2.26. The summed E-state index contributed by atoms with van der Waals surface area (Å²) < 4.78 is 1.61. The van der Waals surface area contributed by atoms with Crippen LogP contribution in [0.2, 0.25) is 0 Å². The second kappa shape index (κ2) is 6.02. The van der Waals surface area contributed by atoms with Crippen LogP contribution in [-0.4, -0.2) is 34.5 Å². The summed E-state index contributed by atoms with van der Waals surface area (Å²) in [6.45, 7) is 4.59. The van der Waals surface area contributed by atoms with Gasteiger partial charge in [0.15, 0.2) is 0 Å². The highest BCUT2D eigenvalue weighted by Gasteiger charge is 2.40. The van der Waals surface area contributed by atoms with Crippen molar-refractivity contribution in [1.29, 1.82) is 0 Å². The van der Waals surface area contributed by atoms with Crippen molar-refractivity contribution in [2.24, 2.45) is 5.92 Å². The zero-order valence-electron chi connectivity index (χ0n) is 12.5. The molecule has 1 amide bonds. The van der Waals surface area contributed by atoms with Crippen molar-refractivity contribution >= 4 is 11.6 Å². The fourth-order valence-corrected chi connectivity index (χ4v) is 3.18. The summed E-state index contributed by atoms with van der Waals surface area (Å²) in [4.78, 5) is 26.5. The van der Waals surface area contributed by atoms with E-state index in [0.717, 1.165) is 25.9 Å². The van der Waals surface area contributed by atoms with Crippen LogP contribution in [0.3, 0.4) is 0 Å². The van der Waals surface area contributed by atoms with Crippen LogP contribution in [0, 0.1) is 5.92 Å². The predicted octanol–water partition coefficient (Wildman–Crippen LogP) is 1.68. The summed E-state index contributed by atoms with van der Waals surface area (Å²) in [7, 11) is 0. The number of likely N-dealkylation sites (tertiary alicyclic amines) is 1. The maximum Gasteiger partial charge on any atom is 0.250 e. The van der Waals surface area contributed by atoms with Crippen molar-refractivity contribution in [3.05, 3.63) is 28.7 Å². The lowest BCUT2D eigenvalue weighted by Crippen LogP contribution is -2.44. The second-order valence-corrected chi connectivity index (χ2v) is 6.06. The van der Waals surface area contributed by atoms with Gasteiger partial charge in [-0.05, 0) is 57.7 Å². The Morgan fingerprint density at radius 2 is 2.05 bits per heavy atom. The summed E-state index contributed by atoms with van der Waals surface area (Å²) in [5.41, 5.74) is 0.681. The van der Waals surface area contributed by atoms with Crippen molar-refractivity contribution in [2.75, 3.05) is 18.4 Å². The maximum absolute atomic E-state index is 12.6. The minimum atomic E-state index is -0.0335. The van der Waals surface area contributed by atoms with Crippen LogP contribution in [0.4, 0.5) is 5.69 Å². The number of amides is 1. The van der Waals surface area contributed by atoms with E-state index in [9.17, 15) is 9.59 Å². The van der Waals surface area contributed by atoms with E-state index in [2.05, 4.69) is 10.2 Å². The molecule has 1 atom stereocenters. The quantitative estimate of drug-likeness (QED) is 0.897. The molecule has 114 valence electrons. The topological polar surface area (TPSA) is 54.3 Å². The first-order valence-corrected chi connectivity index (χ1v) is 7.94. The number of aryl methyl sites for hydroxylation is 1. The van der Waals surface area contributed by atoms with Gasteiger partial charge < -0.3 is 9.88 Å². The summed E-state index contributed by atoms with van der Waals surface area (Å²) in [6.07, 6.45) is 6.43. The molecule has 1 aliphatic carbocycles. The SMILES string of the molecule is CCn1cc(NC(=O)[C@H](C2CC2)N2CCCC2)ccc1=O. The Bertz CT molecular complexity index is 571. The van der Waals surface area contributed by atoms with Crippen molar-refractivity contribution in [3.8, 4) is 0 Å². The number of carbonyl (C=O) groups is 1. The molecule has 2 heterocycles. The molecule has 0 aromatic carbocycles. The van der Waals surface area contributed by atoms with Crippen LogP contribution in [0.5, 0.6) is 0 Å². The molecule has 5 nitrogen and oxygen atoms in total. The van der Waals surface area contributed by atoms with Gasteiger partial charge in [0, 0.05) is 18.8 Å². The highest BCUT2D eigenvalue weighted by molar-refractivity contribution is 5.95. The minimum Gasteiger partial charge on any atom is -0.323 e. The Morgan fingerprint density at radius 1 is 1.33 bits per heavy atom. The standard InChI is InChI=1S/C16H23N3O2/c1-2-18-11-13(7-8-14(18)20)17-16(21)15(12-5-6-12)19-9-3-4-10-19/h7-8,11-12,15H,2-6,9-10H2,1H3,(H,17,21)/t15-/m0/s1. The fraction of sp³-hybridized carbons (Fsp3) is 0.625. The minimum absolute atomic E-state index is 0.00880. The van der Waals surface area contributed by atoms with Crippen LogP contribution >= 0.6 is 0 Å². The number of aromatic nitrogens is 1. The van der Waals surface area contributed by atoms with E-state index in [1.807, 2.05) is 6.92 Å². The van der Waals surface area contributed by atoms with Gasteiger partial charge in [-0.25, -0.2) is 0 Å². The van der Waals surface area contributed by atoms with Gasteiger partial charge in [-0.2, -0.15) is 0 Å². The van der Waals surface area contributed by atoms with Gasteiger partial charge in [0.25, 0.3) is 5.56 Å². The molecule has 3 rings (SSSR count). The third-order valence-corrected chi connectivity index (χ3v) is 4.46. The molecule has 0 unspecified atom stereocenters. The zero-order valence-corrected chi connectivity index (χ0v) is 12.5. The van der Waals surface area contributed by atoms with Gasteiger partial charge in [-0.3, -0.25) is 14.5 Å². The first kappa shape index (κ1) is 14.3. The van der Waals surface area contributed by atoms with E-state index in [1.165, 1.54) is 18.9 Å².